The third kappa shape index (κ3) is 4.69. The van der Waals surface area contributed by atoms with Crippen LogP contribution in [0, 0.1) is 0 Å². The van der Waals surface area contributed by atoms with E-state index in [1.165, 1.54) is 6.08 Å². The van der Waals surface area contributed by atoms with Crippen LogP contribution in [0.2, 0.25) is 0 Å². The van der Waals surface area contributed by atoms with Gasteiger partial charge in [-0.05, 0) is 18.4 Å². The molecule has 0 radical (unpaired) electrons. The van der Waals surface area contributed by atoms with Crippen molar-refractivity contribution < 1.29 is 5.11 Å². The van der Waals surface area contributed by atoms with Gasteiger partial charge in [0, 0.05) is 0 Å². The number of aliphatic hydroxyl groups excluding tert-OH is 1. The third-order valence-corrected chi connectivity index (χ3v) is 1.59. The molecule has 1 heteroatoms. The minimum Gasteiger partial charge on any atom is -0.389 e. The quantitative estimate of drug-likeness (QED) is 0.472. The van der Waals surface area contributed by atoms with Crippen LogP contribution >= 0.6 is 0 Å². The molecule has 1 atom stereocenters. The van der Waals surface area contributed by atoms with Gasteiger partial charge in [-0.25, -0.2) is 0 Å². The van der Waals surface area contributed by atoms with Gasteiger partial charge >= 0.3 is 0 Å². The van der Waals surface area contributed by atoms with Crippen molar-refractivity contribution in [3.8, 4) is 0 Å². The van der Waals surface area contributed by atoms with E-state index in [9.17, 15) is 0 Å². The van der Waals surface area contributed by atoms with Gasteiger partial charge in [0.1, 0.15) is 0 Å². The molecule has 0 bridgehead atoms. The molecule has 0 aliphatic rings. The van der Waals surface area contributed by atoms with Crippen molar-refractivity contribution in [2.75, 3.05) is 0 Å². The molecule has 0 aliphatic carbocycles. The van der Waals surface area contributed by atoms with Crippen molar-refractivity contribution in [2.24, 2.45) is 0 Å². The Morgan fingerprint density at radius 3 is 2.42 bits per heavy atom. The van der Waals surface area contributed by atoms with Gasteiger partial charge in [-0.15, -0.1) is 6.58 Å². The molecule has 0 aliphatic heterocycles. The van der Waals surface area contributed by atoms with Crippen molar-refractivity contribution in [1.82, 2.24) is 0 Å². The van der Waals surface area contributed by atoms with Crippen LogP contribution in [0.5, 0.6) is 0 Å². The first-order chi connectivity index (χ1) is 5.74. The topological polar surface area (TPSA) is 20.2 Å². The van der Waals surface area contributed by atoms with Gasteiger partial charge in [0.05, 0.1) is 6.10 Å². The molecule has 0 spiro atoms. The molecule has 0 amide bonds. The molecule has 1 nitrogen and oxygen atoms in total. The maximum Gasteiger partial charge on any atom is 0.0721 e. The second-order valence-corrected chi connectivity index (χ2v) is 2.52. The number of hydrogen-bond acceptors (Lipinski definition) is 1. The maximum absolute atomic E-state index is 9.17. The van der Waals surface area contributed by atoms with Crippen molar-refractivity contribution in [3.63, 3.8) is 0 Å². The van der Waals surface area contributed by atoms with E-state index in [0.29, 0.717) is 6.42 Å². The lowest BCUT2D eigenvalue weighted by Gasteiger charge is -2.04. The first kappa shape index (κ1) is 10.9. The Balaban J connectivity index is 3.88. The van der Waals surface area contributed by atoms with Crippen molar-refractivity contribution >= 4 is 0 Å². The highest BCUT2D eigenvalue weighted by atomic mass is 16.3. The van der Waals surface area contributed by atoms with E-state index in [4.69, 9.17) is 5.11 Å². The van der Waals surface area contributed by atoms with Crippen LogP contribution in [0.3, 0.4) is 0 Å². The Morgan fingerprint density at radius 2 is 2.00 bits per heavy atom. The van der Waals surface area contributed by atoms with E-state index in [-0.39, 0.29) is 0 Å². The van der Waals surface area contributed by atoms with Gasteiger partial charge < -0.3 is 5.11 Å². The first-order valence-corrected chi connectivity index (χ1v) is 3.99. The third-order valence-electron chi connectivity index (χ3n) is 1.59. The van der Waals surface area contributed by atoms with Gasteiger partial charge in [-0.1, -0.05) is 37.5 Å². The molecule has 12 heavy (non-hydrogen) atoms. The molecule has 0 aromatic heterocycles. The van der Waals surface area contributed by atoms with E-state index in [2.05, 4.69) is 19.7 Å². The molecule has 0 saturated heterocycles. The molecule has 0 fully saturated rings. The highest BCUT2D eigenvalue weighted by Gasteiger charge is 1.98. The minimum atomic E-state index is -0.418. The van der Waals surface area contributed by atoms with Crippen LogP contribution in [0.4, 0.5) is 0 Å². The summed E-state index contributed by atoms with van der Waals surface area (Å²) >= 11 is 0. The summed E-state index contributed by atoms with van der Waals surface area (Å²) in [4.78, 5) is 0. The summed E-state index contributed by atoms with van der Waals surface area (Å²) < 4.78 is 0. The smallest absolute Gasteiger partial charge is 0.0721 e. The Labute approximate surface area is 74.4 Å². The van der Waals surface area contributed by atoms with Crippen LogP contribution in [-0.2, 0) is 0 Å². The number of allylic oxidation sites excluding steroid dienone is 4. The summed E-state index contributed by atoms with van der Waals surface area (Å²) in [7, 11) is 0. The number of hydrogen-bond donors (Lipinski definition) is 1. The summed E-state index contributed by atoms with van der Waals surface area (Å²) in [6.07, 6.45) is 8.00. The lowest BCUT2D eigenvalue weighted by atomic mass is 10.1. The normalized spacial score (nSPS) is 13.6. The van der Waals surface area contributed by atoms with E-state index in [0.717, 1.165) is 12.0 Å². The largest absolute Gasteiger partial charge is 0.389 e. The molecule has 0 aromatic rings. The summed E-state index contributed by atoms with van der Waals surface area (Å²) in [6.45, 7) is 10.7. The van der Waals surface area contributed by atoms with Gasteiger partial charge in [0.15, 0.2) is 0 Å². The second-order valence-electron chi connectivity index (χ2n) is 2.52. The van der Waals surface area contributed by atoms with Crippen molar-refractivity contribution in [1.29, 1.82) is 0 Å². The SMILES string of the molecule is C=C/C=C(\C=C)CCC(O)C=C. The monoisotopic (exact) mass is 164 g/mol. The van der Waals surface area contributed by atoms with Crippen LogP contribution in [-0.4, -0.2) is 11.2 Å². The van der Waals surface area contributed by atoms with Crippen LogP contribution in [0.25, 0.3) is 0 Å². The number of rotatable bonds is 6. The summed E-state index contributed by atoms with van der Waals surface area (Å²) in [6, 6.07) is 0. The Kier molecular flexibility index (Phi) is 6.02. The molecule has 1 N–H and O–H groups in total. The molecule has 0 aromatic carbocycles. The molecule has 66 valence electrons. The standard InChI is InChI=1S/C11H16O/c1-4-7-10(5-2)8-9-11(12)6-3/h4-7,11-12H,1-3,8-9H2/b10-7+. The van der Waals surface area contributed by atoms with E-state index in [1.807, 2.05) is 6.08 Å². The average molecular weight is 164 g/mol. The van der Waals surface area contributed by atoms with E-state index >= 15 is 0 Å². The minimum absolute atomic E-state index is 0.418. The average Bonchev–Trinajstić information content (AvgIpc) is 2.11. The second kappa shape index (κ2) is 6.62. The Bertz CT molecular complexity index is 189. The molecule has 0 saturated carbocycles. The van der Waals surface area contributed by atoms with Crippen LogP contribution < -0.4 is 0 Å². The first-order valence-electron chi connectivity index (χ1n) is 3.99. The fourth-order valence-corrected chi connectivity index (χ4v) is 0.837. The predicted molar refractivity (Wildman–Crippen MR) is 53.9 cm³/mol. The molecular formula is C11H16O. The Morgan fingerprint density at radius 1 is 1.33 bits per heavy atom. The zero-order valence-corrected chi connectivity index (χ0v) is 7.37. The van der Waals surface area contributed by atoms with Gasteiger partial charge in [0.25, 0.3) is 0 Å². The zero-order chi connectivity index (χ0) is 9.40. The fraction of sp³-hybridized carbons (Fsp3) is 0.273. The van der Waals surface area contributed by atoms with E-state index in [1.54, 1.807) is 12.2 Å². The van der Waals surface area contributed by atoms with Crippen LogP contribution in [0.15, 0.2) is 49.6 Å². The lowest BCUT2D eigenvalue weighted by Crippen LogP contribution is -2.00. The highest BCUT2D eigenvalue weighted by molar-refractivity contribution is 5.21. The molecule has 0 heterocycles. The van der Waals surface area contributed by atoms with Gasteiger partial charge in [-0.3, -0.25) is 0 Å². The zero-order valence-electron chi connectivity index (χ0n) is 7.37. The summed E-state index contributed by atoms with van der Waals surface area (Å²) in [5.41, 5.74) is 1.09. The summed E-state index contributed by atoms with van der Waals surface area (Å²) in [5, 5.41) is 9.17. The van der Waals surface area contributed by atoms with Crippen molar-refractivity contribution in [3.05, 3.63) is 49.6 Å². The predicted octanol–water partition coefficient (Wildman–Crippen LogP) is 2.61. The van der Waals surface area contributed by atoms with Crippen LogP contribution in [0.1, 0.15) is 12.8 Å². The molecule has 1 unspecified atom stereocenters. The fourth-order valence-electron chi connectivity index (χ4n) is 0.837. The van der Waals surface area contributed by atoms with Gasteiger partial charge in [0.2, 0.25) is 0 Å². The number of aliphatic hydroxyl groups is 1. The molecular weight excluding hydrogens is 148 g/mol. The maximum atomic E-state index is 9.17. The summed E-state index contributed by atoms with van der Waals surface area (Å²) in [5.74, 6) is 0. The Hall–Kier alpha value is -1.08. The molecule has 0 rings (SSSR count). The highest BCUT2D eigenvalue weighted by Crippen LogP contribution is 2.08. The van der Waals surface area contributed by atoms with Crippen molar-refractivity contribution in [2.45, 2.75) is 18.9 Å². The van der Waals surface area contributed by atoms with E-state index < -0.39 is 6.10 Å². The van der Waals surface area contributed by atoms with Gasteiger partial charge in [-0.2, -0.15) is 0 Å². The lowest BCUT2D eigenvalue weighted by molar-refractivity contribution is 0.213.